The number of hydrogen-bond donors (Lipinski definition) is 2. The van der Waals surface area contributed by atoms with E-state index in [4.69, 9.17) is 5.73 Å². The van der Waals surface area contributed by atoms with E-state index in [0.717, 1.165) is 25.1 Å². The third-order valence-corrected chi connectivity index (χ3v) is 3.35. The van der Waals surface area contributed by atoms with Crippen LogP contribution in [-0.4, -0.2) is 17.6 Å². The highest BCUT2D eigenvalue weighted by molar-refractivity contribution is 5.37. The average Bonchev–Trinajstić information content (AvgIpc) is 2.81. The average molecular weight is 241 g/mol. The first-order valence-corrected chi connectivity index (χ1v) is 5.98. The summed E-state index contributed by atoms with van der Waals surface area (Å²) in [5.41, 5.74) is 5.69. The van der Waals surface area contributed by atoms with Gasteiger partial charge in [0.25, 0.3) is 0 Å². The van der Waals surface area contributed by atoms with Gasteiger partial charge in [-0.15, -0.1) is 0 Å². The highest BCUT2D eigenvalue weighted by Crippen LogP contribution is 2.29. The Labute approximate surface area is 99.4 Å². The molecule has 1 heterocycles. The zero-order valence-electron chi connectivity index (χ0n) is 9.63. The molecule has 0 aromatic carbocycles. The Hall–Kier alpha value is -1.23. The normalized spacial score (nSPS) is 18.3. The lowest BCUT2D eigenvalue weighted by molar-refractivity contribution is 0.458. The largest absolute Gasteiger partial charge is 0.363 e. The maximum absolute atomic E-state index is 13.4. The van der Waals surface area contributed by atoms with Gasteiger partial charge in [-0.2, -0.15) is 0 Å². The Morgan fingerprint density at radius 3 is 2.71 bits per heavy atom. The first-order valence-electron chi connectivity index (χ1n) is 5.98. The second-order valence-electron chi connectivity index (χ2n) is 4.52. The SMILES string of the molecule is NCC(Nc1ncc(F)cc1F)C1CCCC1. The summed E-state index contributed by atoms with van der Waals surface area (Å²) in [5, 5.41) is 2.99. The summed E-state index contributed by atoms with van der Waals surface area (Å²) >= 11 is 0. The Morgan fingerprint density at radius 1 is 1.41 bits per heavy atom. The number of halogens is 2. The molecule has 0 amide bonds. The molecule has 1 aliphatic carbocycles. The smallest absolute Gasteiger partial charge is 0.168 e. The number of nitrogens with one attached hydrogen (secondary N) is 1. The summed E-state index contributed by atoms with van der Waals surface area (Å²) in [6.45, 7) is 0.434. The van der Waals surface area contributed by atoms with Gasteiger partial charge in [0.05, 0.1) is 6.20 Å². The van der Waals surface area contributed by atoms with E-state index in [1.54, 1.807) is 0 Å². The molecule has 1 saturated carbocycles. The number of pyridine rings is 1. The number of hydrogen-bond acceptors (Lipinski definition) is 3. The third-order valence-electron chi connectivity index (χ3n) is 3.35. The Morgan fingerprint density at radius 2 is 2.12 bits per heavy atom. The van der Waals surface area contributed by atoms with Crippen LogP contribution in [-0.2, 0) is 0 Å². The molecule has 17 heavy (non-hydrogen) atoms. The maximum atomic E-state index is 13.4. The minimum atomic E-state index is -0.668. The van der Waals surface area contributed by atoms with Crippen molar-refractivity contribution in [2.75, 3.05) is 11.9 Å². The second kappa shape index (κ2) is 5.40. The van der Waals surface area contributed by atoms with Crippen LogP contribution in [0.25, 0.3) is 0 Å². The van der Waals surface area contributed by atoms with E-state index in [2.05, 4.69) is 10.3 Å². The Balaban J connectivity index is 2.06. The van der Waals surface area contributed by atoms with Gasteiger partial charge in [0.2, 0.25) is 0 Å². The fourth-order valence-electron chi connectivity index (χ4n) is 2.43. The van der Waals surface area contributed by atoms with Crippen LogP contribution in [0.2, 0.25) is 0 Å². The third kappa shape index (κ3) is 2.91. The van der Waals surface area contributed by atoms with Crippen molar-refractivity contribution in [3.8, 4) is 0 Å². The molecule has 0 aliphatic heterocycles. The van der Waals surface area contributed by atoms with E-state index in [1.165, 1.54) is 12.8 Å². The van der Waals surface area contributed by atoms with Crippen LogP contribution in [0.15, 0.2) is 12.3 Å². The van der Waals surface area contributed by atoms with Crippen molar-refractivity contribution >= 4 is 5.82 Å². The van der Waals surface area contributed by atoms with Crippen LogP contribution in [0.3, 0.4) is 0 Å². The van der Waals surface area contributed by atoms with Crippen LogP contribution in [0.4, 0.5) is 14.6 Å². The molecule has 94 valence electrons. The molecule has 1 aromatic heterocycles. The minimum absolute atomic E-state index is 0.0185. The van der Waals surface area contributed by atoms with E-state index in [0.29, 0.717) is 12.5 Å². The van der Waals surface area contributed by atoms with Crippen molar-refractivity contribution in [3.05, 3.63) is 23.9 Å². The fraction of sp³-hybridized carbons (Fsp3) is 0.583. The van der Waals surface area contributed by atoms with E-state index < -0.39 is 11.6 Å². The molecule has 0 spiro atoms. The standard InChI is InChI=1S/C12H17F2N3/c13-9-5-10(14)12(16-7-9)17-11(6-15)8-3-1-2-4-8/h5,7-8,11H,1-4,6,15H2,(H,16,17). The summed E-state index contributed by atoms with van der Waals surface area (Å²) in [7, 11) is 0. The van der Waals surface area contributed by atoms with Crippen LogP contribution >= 0.6 is 0 Å². The Kier molecular flexibility index (Phi) is 3.89. The van der Waals surface area contributed by atoms with Gasteiger partial charge in [0, 0.05) is 18.7 Å². The van der Waals surface area contributed by atoms with Gasteiger partial charge >= 0.3 is 0 Å². The molecule has 2 rings (SSSR count). The number of anilines is 1. The minimum Gasteiger partial charge on any atom is -0.363 e. The van der Waals surface area contributed by atoms with E-state index in [1.807, 2.05) is 0 Å². The lowest BCUT2D eigenvalue weighted by Crippen LogP contribution is -2.35. The molecule has 1 aliphatic rings. The van der Waals surface area contributed by atoms with Gasteiger partial charge in [-0.25, -0.2) is 13.8 Å². The number of rotatable bonds is 4. The molecule has 5 heteroatoms. The summed E-state index contributed by atoms with van der Waals surface area (Å²) in [5.74, 6) is -0.778. The monoisotopic (exact) mass is 241 g/mol. The lowest BCUT2D eigenvalue weighted by Gasteiger charge is -2.23. The quantitative estimate of drug-likeness (QED) is 0.850. The van der Waals surface area contributed by atoms with Crippen LogP contribution in [0, 0.1) is 17.6 Å². The molecule has 1 aromatic rings. The number of aromatic nitrogens is 1. The predicted molar refractivity (Wildman–Crippen MR) is 62.6 cm³/mol. The van der Waals surface area contributed by atoms with Crippen molar-refractivity contribution in [2.24, 2.45) is 11.7 Å². The van der Waals surface area contributed by atoms with E-state index in [-0.39, 0.29) is 11.9 Å². The zero-order valence-corrected chi connectivity index (χ0v) is 9.63. The van der Waals surface area contributed by atoms with Crippen molar-refractivity contribution in [1.29, 1.82) is 0 Å². The summed E-state index contributed by atoms with van der Waals surface area (Å²) in [6.07, 6.45) is 5.62. The molecule has 3 N–H and O–H groups in total. The Bertz CT molecular complexity index is 378. The highest BCUT2D eigenvalue weighted by atomic mass is 19.1. The van der Waals surface area contributed by atoms with Gasteiger partial charge in [-0.05, 0) is 18.8 Å². The van der Waals surface area contributed by atoms with E-state index in [9.17, 15) is 8.78 Å². The van der Waals surface area contributed by atoms with Crippen LogP contribution < -0.4 is 11.1 Å². The first kappa shape index (κ1) is 12.2. The lowest BCUT2D eigenvalue weighted by atomic mass is 9.98. The maximum Gasteiger partial charge on any atom is 0.168 e. The highest BCUT2D eigenvalue weighted by Gasteiger charge is 2.24. The molecular formula is C12H17F2N3. The zero-order chi connectivity index (χ0) is 12.3. The predicted octanol–water partition coefficient (Wildman–Crippen LogP) is 2.29. The molecule has 1 fully saturated rings. The molecular weight excluding hydrogens is 224 g/mol. The summed E-state index contributed by atoms with van der Waals surface area (Å²) < 4.78 is 26.1. The molecule has 1 unspecified atom stereocenters. The molecule has 0 bridgehead atoms. The topological polar surface area (TPSA) is 50.9 Å². The van der Waals surface area contributed by atoms with Gasteiger partial charge in [0.15, 0.2) is 11.6 Å². The van der Waals surface area contributed by atoms with Crippen molar-refractivity contribution in [1.82, 2.24) is 4.98 Å². The number of nitrogens with two attached hydrogens (primary N) is 1. The van der Waals surface area contributed by atoms with Crippen LogP contribution in [0.5, 0.6) is 0 Å². The number of nitrogens with zero attached hydrogens (tertiary/aromatic N) is 1. The summed E-state index contributed by atoms with van der Waals surface area (Å²) in [6, 6.07) is 0.849. The molecule has 3 nitrogen and oxygen atoms in total. The fourth-order valence-corrected chi connectivity index (χ4v) is 2.43. The summed E-state index contributed by atoms with van der Waals surface area (Å²) in [4.78, 5) is 3.72. The van der Waals surface area contributed by atoms with E-state index >= 15 is 0 Å². The van der Waals surface area contributed by atoms with Crippen molar-refractivity contribution in [2.45, 2.75) is 31.7 Å². The van der Waals surface area contributed by atoms with Crippen LogP contribution in [0.1, 0.15) is 25.7 Å². The first-order chi connectivity index (χ1) is 8.20. The molecule has 0 saturated heterocycles. The van der Waals surface area contributed by atoms with Gasteiger partial charge in [-0.3, -0.25) is 0 Å². The molecule has 1 atom stereocenters. The molecule has 0 radical (unpaired) electrons. The van der Waals surface area contributed by atoms with Gasteiger partial charge in [-0.1, -0.05) is 12.8 Å². The van der Waals surface area contributed by atoms with Crippen molar-refractivity contribution < 1.29 is 8.78 Å². The second-order valence-corrected chi connectivity index (χ2v) is 4.52. The van der Waals surface area contributed by atoms with Gasteiger partial charge in [0.1, 0.15) is 5.82 Å². The van der Waals surface area contributed by atoms with Gasteiger partial charge < -0.3 is 11.1 Å². The van der Waals surface area contributed by atoms with Crippen molar-refractivity contribution in [3.63, 3.8) is 0 Å².